The predicted molar refractivity (Wildman–Crippen MR) is 89.6 cm³/mol. The van der Waals surface area contributed by atoms with E-state index in [1.807, 2.05) is 32.0 Å². The Labute approximate surface area is 137 Å². The van der Waals surface area contributed by atoms with Gasteiger partial charge in [0, 0.05) is 0 Å². The Morgan fingerprint density at radius 1 is 0.870 bits per heavy atom. The minimum absolute atomic E-state index is 0.399. The van der Waals surface area contributed by atoms with Crippen LogP contribution in [0, 0.1) is 0 Å². The van der Waals surface area contributed by atoms with Gasteiger partial charge in [-0.1, -0.05) is 25.1 Å². The zero-order chi connectivity index (χ0) is 16.7. The topological polar surface area (TPSA) is 44.8 Å². The molecular weight excluding hydrogens is 292 g/mol. The Morgan fingerprint density at radius 2 is 1.57 bits per heavy atom. The van der Waals surface area contributed by atoms with E-state index in [0.717, 1.165) is 12.0 Å². The number of para-hydroxylation sites is 1. The van der Waals surface area contributed by atoms with Gasteiger partial charge < -0.3 is 14.2 Å². The first-order chi connectivity index (χ1) is 11.2. The lowest BCUT2D eigenvalue weighted by molar-refractivity contribution is 0.0724. The van der Waals surface area contributed by atoms with Crippen LogP contribution < -0.4 is 14.2 Å². The SMILES string of the molecule is CCOc1cc(CC)ccc1OC(=O)c1ccccc1OCC. The molecule has 0 radical (unpaired) electrons. The fourth-order valence-electron chi connectivity index (χ4n) is 2.20. The van der Waals surface area contributed by atoms with Crippen molar-refractivity contribution in [1.29, 1.82) is 0 Å². The molecule has 0 aromatic heterocycles. The molecule has 0 saturated heterocycles. The van der Waals surface area contributed by atoms with Crippen molar-refractivity contribution in [2.24, 2.45) is 0 Å². The summed E-state index contributed by atoms with van der Waals surface area (Å²) in [5.74, 6) is 1.05. The summed E-state index contributed by atoms with van der Waals surface area (Å²) in [5.41, 5.74) is 1.53. The van der Waals surface area contributed by atoms with E-state index in [1.165, 1.54) is 0 Å². The van der Waals surface area contributed by atoms with Crippen molar-refractivity contribution >= 4 is 5.97 Å². The number of esters is 1. The number of hydrogen-bond donors (Lipinski definition) is 0. The Morgan fingerprint density at radius 3 is 2.26 bits per heavy atom. The lowest BCUT2D eigenvalue weighted by Crippen LogP contribution is -2.12. The molecule has 0 N–H and O–H groups in total. The molecule has 2 rings (SSSR count). The van der Waals surface area contributed by atoms with Crippen molar-refractivity contribution in [1.82, 2.24) is 0 Å². The number of rotatable bonds is 7. The molecule has 0 aliphatic heterocycles. The van der Waals surface area contributed by atoms with Crippen LogP contribution in [0.1, 0.15) is 36.7 Å². The number of hydrogen-bond acceptors (Lipinski definition) is 4. The van der Waals surface area contributed by atoms with Gasteiger partial charge in [0.1, 0.15) is 11.3 Å². The van der Waals surface area contributed by atoms with Crippen molar-refractivity contribution in [2.45, 2.75) is 27.2 Å². The van der Waals surface area contributed by atoms with Gasteiger partial charge in [-0.05, 0) is 50.1 Å². The van der Waals surface area contributed by atoms with Crippen LogP contribution in [0.15, 0.2) is 42.5 Å². The number of aryl methyl sites for hydroxylation is 1. The monoisotopic (exact) mass is 314 g/mol. The van der Waals surface area contributed by atoms with Crippen molar-refractivity contribution in [2.75, 3.05) is 13.2 Å². The van der Waals surface area contributed by atoms with E-state index < -0.39 is 5.97 Å². The molecule has 0 atom stereocenters. The fourth-order valence-corrected chi connectivity index (χ4v) is 2.20. The van der Waals surface area contributed by atoms with E-state index in [4.69, 9.17) is 14.2 Å². The second-order valence-electron chi connectivity index (χ2n) is 4.89. The molecular formula is C19H22O4. The molecule has 0 unspecified atom stereocenters. The van der Waals surface area contributed by atoms with Gasteiger partial charge in [0.2, 0.25) is 0 Å². The minimum atomic E-state index is -0.459. The van der Waals surface area contributed by atoms with Gasteiger partial charge in [0.25, 0.3) is 0 Å². The van der Waals surface area contributed by atoms with Crippen LogP contribution in [0.2, 0.25) is 0 Å². The van der Waals surface area contributed by atoms with E-state index >= 15 is 0 Å². The summed E-state index contributed by atoms with van der Waals surface area (Å²) in [4.78, 5) is 12.5. The molecule has 23 heavy (non-hydrogen) atoms. The molecule has 0 fully saturated rings. The van der Waals surface area contributed by atoms with Crippen LogP contribution in [-0.2, 0) is 6.42 Å². The normalized spacial score (nSPS) is 10.2. The van der Waals surface area contributed by atoms with Crippen molar-refractivity contribution < 1.29 is 19.0 Å². The molecule has 0 bridgehead atoms. The maximum absolute atomic E-state index is 12.5. The Hall–Kier alpha value is -2.49. The third-order valence-corrected chi connectivity index (χ3v) is 3.33. The van der Waals surface area contributed by atoms with Gasteiger partial charge in [-0.15, -0.1) is 0 Å². The summed E-state index contributed by atoms with van der Waals surface area (Å²) >= 11 is 0. The highest BCUT2D eigenvalue weighted by molar-refractivity contribution is 5.94. The maximum atomic E-state index is 12.5. The van der Waals surface area contributed by atoms with E-state index in [0.29, 0.717) is 36.0 Å². The van der Waals surface area contributed by atoms with Gasteiger partial charge in [0.15, 0.2) is 11.5 Å². The second-order valence-corrected chi connectivity index (χ2v) is 4.89. The summed E-state index contributed by atoms with van der Waals surface area (Å²) in [6, 6.07) is 12.6. The predicted octanol–water partition coefficient (Wildman–Crippen LogP) is 4.27. The molecule has 2 aromatic rings. The van der Waals surface area contributed by atoms with Crippen LogP contribution in [0.4, 0.5) is 0 Å². The van der Waals surface area contributed by atoms with Gasteiger partial charge in [-0.3, -0.25) is 0 Å². The molecule has 122 valence electrons. The first-order valence-electron chi connectivity index (χ1n) is 7.89. The first kappa shape index (κ1) is 16.9. The summed E-state index contributed by atoms with van der Waals surface area (Å²) in [7, 11) is 0. The summed E-state index contributed by atoms with van der Waals surface area (Å²) in [5, 5.41) is 0. The first-order valence-corrected chi connectivity index (χ1v) is 7.89. The van der Waals surface area contributed by atoms with Crippen molar-refractivity contribution in [3.63, 3.8) is 0 Å². The standard InChI is InChI=1S/C19H22O4/c1-4-14-11-12-17(18(13-14)22-6-3)23-19(20)15-9-7-8-10-16(15)21-5-2/h7-13H,4-6H2,1-3H3. The van der Waals surface area contributed by atoms with E-state index in [9.17, 15) is 4.79 Å². The quantitative estimate of drug-likeness (QED) is 0.565. The van der Waals surface area contributed by atoms with E-state index in [-0.39, 0.29) is 0 Å². The number of benzene rings is 2. The fraction of sp³-hybridized carbons (Fsp3) is 0.316. The van der Waals surface area contributed by atoms with E-state index in [2.05, 4.69) is 6.92 Å². The van der Waals surface area contributed by atoms with Gasteiger partial charge in [-0.2, -0.15) is 0 Å². The Bertz CT molecular complexity index is 664. The van der Waals surface area contributed by atoms with Crippen LogP contribution in [0.5, 0.6) is 17.2 Å². The smallest absolute Gasteiger partial charge is 0.347 e. The third kappa shape index (κ3) is 4.25. The molecule has 0 amide bonds. The highest BCUT2D eigenvalue weighted by atomic mass is 16.6. The van der Waals surface area contributed by atoms with Crippen LogP contribution >= 0.6 is 0 Å². The van der Waals surface area contributed by atoms with Crippen molar-refractivity contribution in [3.05, 3.63) is 53.6 Å². The third-order valence-electron chi connectivity index (χ3n) is 3.33. The largest absolute Gasteiger partial charge is 0.493 e. The Kier molecular flexibility index (Phi) is 6.03. The number of carbonyl (C=O) groups is 1. The lowest BCUT2D eigenvalue weighted by atomic mass is 10.1. The molecule has 0 saturated carbocycles. The Balaban J connectivity index is 2.26. The molecule has 0 aliphatic carbocycles. The average Bonchev–Trinajstić information content (AvgIpc) is 2.57. The molecule has 0 aliphatic rings. The van der Waals surface area contributed by atoms with Gasteiger partial charge in [-0.25, -0.2) is 4.79 Å². The van der Waals surface area contributed by atoms with Crippen LogP contribution in [-0.4, -0.2) is 19.2 Å². The maximum Gasteiger partial charge on any atom is 0.347 e. The average molecular weight is 314 g/mol. The highest BCUT2D eigenvalue weighted by Gasteiger charge is 2.17. The summed E-state index contributed by atoms with van der Waals surface area (Å²) < 4.78 is 16.6. The van der Waals surface area contributed by atoms with Gasteiger partial charge >= 0.3 is 5.97 Å². The van der Waals surface area contributed by atoms with E-state index in [1.54, 1.807) is 24.3 Å². The van der Waals surface area contributed by atoms with Crippen LogP contribution in [0.3, 0.4) is 0 Å². The minimum Gasteiger partial charge on any atom is -0.493 e. The summed E-state index contributed by atoms with van der Waals surface area (Å²) in [6.45, 7) is 6.83. The summed E-state index contributed by atoms with van der Waals surface area (Å²) in [6.07, 6.45) is 0.890. The molecule has 4 nitrogen and oxygen atoms in total. The molecule has 2 aromatic carbocycles. The second kappa shape index (κ2) is 8.22. The number of carbonyl (C=O) groups excluding carboxylic acids is 1. The molecule has 4 heteroatoms. The number of ether oxygens (including phenoxy) is 3. The molecule has 0 spiro atoms. The van der Waals surface area contributed by atoms with Crippen LogP contribution in [0.25, 0.3) is 0 Å². The van der Waals surface area contributed by atoms with Gasteiger partial charge in [0.05, 0.1) is 13.2 Å². The zero-order valence-corrected chi connectivity index (χ0v) is 13.8. The molecule has 0 heterocycles. The zero-order valence-electron chi connectivity index (χ0n) is 13.8. The highest BCUT2D eigenvalue weighted by Crippen LogP contribution is 2.30. The van der Waals surface area contributed by atoms with Crippen molar-refractivity contribution in [3.8, 4) is 17.2 Å². The lowest BCUT2D eigenvalue weighted by Gasteiger charge is -2.13.